The molecule has 3 heterocycles. The number of amides is 1. The van der Waals surface area contributed by atoms with Crippen molar-refractivity contribution in [2.45, 2.75) is 18.7 Å². The van der Waals surface area contributed by atoms with E-state index in [9.17, 15) is 18.0 Å². The van der Waals surface area contributed by atoms with Crippen LogP contribution in [0.25, 0.3) is 0 Å². The van der Waals surface area contributed by atoms with E-state index in [1.807, 2.05) is 0 Å². The minimum atomic E-state index is -3.85. The highest BCUT2D eigenvalue weighted by molar-refractivity contribution is 7.91. The van der Waals surface area contributed by atoms with E-state index in [4.69, 9.17) is 25.6 Å². The second-order valence-corrected chi connectivity index (χ2v) is 10.4. The third-order valence-electron chi connectivity index (χ3n) is 4.75. The van der Waals surface area contributed by atoms with E-state index in [0.717, 1.165) is 11.3 Å². The van der Waals surface area contributed by atoms with Crippen molar-refractivity contribution in [3.8, 4) is 11.5 Å². The summed E-state index contributed by atoms with van der Waals surface area (Å²) in [6.07, 6.45) is 2.72. The normalized spacial score (nSPS) is 12.8. The first-order valence-electron chi connectivity index (χ1n) is 9.77. The predicted octanol–water partition coefficient (Wildman–Crippen LogP) is 4.28. The number of nitrogens with one attached hydrogen (secondary N) is 2. The van der Waals surface area contributed by atoms with Gasteiger partial charge in [0, 0.05) is 17.8 Å². The van der Waals surface area contributed by atoms with Crippen molar-refractivity contribution in [2.75, 3.05) is 23.2 Å². The molecule has 0 fully saturated rings. The van der Waals surface area contributed by atoms with E-state index in [0.29, 0.717) is 17.2 Å². The molecule has 13 heteroatoms. The fraction of sp³-hybridized carbons (Fsp3) is 0.190. The number of nitrogens with zero attached hydrogens (tertiary/aromatic N) is 1. The molecule has 0 bridgehead atoms. The fourth-order valence-electron chi connectivity index (χ4n) is 3.07. The number of ketones is 1. The van der Waals surface area contributed by atoms with Gasteiger partial charge in [0.05, 0.1) is 16.3 Å². The summed E-state index contributed by atoms with van der Waals surface area (Å²) in [5.41, 5.74) is 0.908. The van der Waals surface area contributed by atoms with Gasteiger partial charge in [0.2, 0.25) is 12.7 Å². The molecule has 3 aromatic rings. The summed E-state index contributed by atoms with van der Waals surface area (Å²) in [6.45, 7) is 3.02. The number of aryl methyl sites for hydroxylation is 1. The largest absolute Gasteiger partial charge is 0.454 e. The van der Waals surface area contributed by atoms with Crippen LogP contribution in [0.1, 0.15) is 32.6 Å². The first-order valence-corrected chi connectivity index (χ1v) is 12.7. The summed E-state index contributed by atoms with van der Waals surface area (Å²) in [4.78, 5) is 24.9. The van der Waals surface area contributed by atoms with Gasteiger partial charge in [-0.25, -0.2) is 8.42 Å². The van der Waals surface area contributed by atoms with Gasteiger partial charge < -0.3 is 24.6 Å². The van der Waals surface area contributed by atoms with Crippen LogP contribution in [0.3, 0.4) is 0 Å². The lowest BCUT2D eigenvalue weighted by Crippen LogP contribution is -2.17. The van der Waals surface area contributed by atoms with Gasteiger partial charge in [-0.15, -0.1) is 11.3 Å². The van der Waals surface area contributed by atoms with Crippen molar-refractivity contribution in [1.82, 2.24) is 5.16 Å². The Bertz CT molecular complexity index is 1410. The van der Waals surface area contributed by atoms with Crippen LogP contribution < -0.4 is 20.1 Å². The van der Waals surface area contributed by atoms with E-state index in [2.05, 4.69) is 15.8 Å². The van der Waals surface area contributed by atoms with Gasteiger partial charge >= 0.3 is 0 Å². The maximum Gasteiger partial charge on any atom is 0.267 e. The molecule has 1 amide bonds. The van der Waals surface area contributed by atoms with Crippen molar-refractivity contribution in [3.63, 3.8) is 0 Å². The molecule has 0 spiro atoms. The second-order valence-electron chi connectivity index (χ2n) is 7.11. The molecule has 1 aromatic carbocycles. The van der Waals surface area contributed by atoms with Crippen LogP contribution >= 0.6 is 22.9 Å². The van der Waals surface area contributed by atoms with Crippen LogP contribution in [0.5, 0.6) is 11.5 Å². The molecule has 4 rings (SSSR count). The third kappa shape index (κ3) is 4.79. The van der Waals surface area contributed by atoms with E-state index in [1.165, 1.54) is 42.8 Å². The zero-order valence-corrected chi connectivity index (χ0v) is 20.3. The molecule has 10 nitrogen and oxygen atoms in total. The highest BCUT2D eigenvalue weighted by Crippen LogP contribution is 2.37. The molecule has 178 valence electrons. The number of benzene rings is 1. The molecule has 0 saturated heterocycles. The van der Waals surface area contributed by atoms with Crippen molar-refractivity contribution in [2.24, 2.45) is 0 Å². The SMILES string of the molecule is CC(=O)c1cc2c(cc1NC(=O)c1sccc1S(=O)(=O)CC=CNc1onc(C)c1Cl)OCO2. The molecule has 1 aliphatic heterocycles. The molecule has 34 heavy (non-hydrogen) atoms. The Balaban J connectivity index is 1.51. The molecular formula is C21H18ClN3O7S2. The number of carbonyl (C=O) groups is 2. The Morgan fingerprint density at radius 3 is 2.68 bits per heavy atom. The maximum absolute atomic E-state index is 13.0. The van der Waals surface area contributed by atoms with Gasteiger partial charge in [-0.05, 0) is 31.4 Å². The van der Waals surface area contributed by atoms with Gasteiger partial charge in [0.1, 0.15) is 15.6 Å². The molecule has 0 atom stereocenters. The summed E-state index contributed by atoms with van der Waals surface area (Å²) in [6, 6.07) is 4.31. The number of anilines is 2. The summed E-state index contributed by atoms with van der Waals surface area (Å²) in [5.74, 6) is -0.393. The lowest BCUT2D eigenvalue weighted by Gasteiger charge is -2.11. The number of fused-ring (bicyclic) bond motifs is 1. The summed E-state index contributed by atoms with van der Waals surface area (Å²) < 4.78 is 41.3. The summed E-state index contributed by atoms with van der Waals surface area (Å²) >= 11 is 6.96. The number of halogens is 1. The first kappa shape index (κ1) is 23.8. The number of carbonyl (C=O) groups excluding carboxylic acids is 2. The number of rotatable bonds is 8. The molecule has 0 radical (unpaired) electrons. The lowest BCUT2D eigenvalue weighted by molar-refractivity contribution is 0.101. The molecule has 1 aliphatic rings. The van der Waals surface area contributed by atoms with Crippen molar-refractivity contribution in [3.05, 3.63) is 57.0 Å². The van der Waals surface area contributed by atoms with Crippen molar-refractivity contribution >= 4 is 56.0 Å². The number of ether oxygens (including phenoxy) is 2. The molecule has 0 saturated carbocycles. The van der Waals surface area contributed by atoms with E-state index in [-0.39, 0.29) is 50.3 Å². The van der Waals surface area contributed by atoms with Gasteiger partial charge in [0.15, 0.2) is 27.1 Å². The first-order chi connectivity index (χ1) is 16.2. The van der Waals surface area contributed by atoms with Gasteiger partial charge in [-0.1, -0.05) is 22.8 Å². The Kier molecular flexibility index (Phi) is 6.64. The highest BCUT2D eigenvalue weighted by atomic mass is 35.5. The van der Waals surface area contributed by atoms with E-state index >= 15 is 0 Å². The smallest absolute Gasteiger partial charge is 0.267 e. The topological polar surface area (TPSA) is 137 Å². The quantitative estimate of drug-likeness (QED) is 0.414. The molecular weight excluding hydrogens is 506 g/mol. The lowest BCUT2D eigenvalue weighted by atomic mass is 10.1. The zero-order chi connectivity index (χ0) is 24.5. The van der Waals surface area contributed by atoms with Crippen LogP contribution in [0.2, 0.25) is 5.02 Å². The average molecular weight is 524 g/mol. The Hall–Kier alpha value is -3.35. The standard InChI is InChI=1S/C21H18ClN3O7S2/c1-11-18(22)21(32-25-11)23-5-3-7-34(28,29)17-4-6-33-19(17)20(27)24-14-9-16-15(30-10-31-16)8-13(14)12(2)26/h3-6,8-9,23H,7,10H2,1-2H3,(H,24,27). The number of Topliss-reactive ketones (excluding diaryl/α,β-unsaturated/α-hetero) is 1. The monoisotopic (exact) mass is 523 g/mol. The third-order valence-corrected chi connectivity index (χ3v) is 7.88. The highest BCUT2D eigenvalue weighted by Gasteiger charge is 2.26. The molecule has 2 N–H and O–H groups in total. The van der Waals surface area contributed by atoms with E-state index in [1.54, 1.807) is 6.92 Å². The van der Waals surface area contributed by atoms with Crippen LogP contribution in [0.15, 0.2) is 45.3 Å². The second kappa shape index (κ2) is 9.49. The van der Waals surface area contributed by atoms with E-state index < -0.39 is 15.7 Å². The van der Waals surface area contributed by atoms with Crippen LogP contribution in [-0.4, -0.2) is 37.8 Å². The number of thiophene rings is 1. The number of sulfone groups is 1. The number of hydrogen-bond donors (Lipinski definition) is 2. The van der Waals surface area contributed by atoms with Crippen LogP contribution in [0, 0.1) is 6.92 Å². The maximum atomic E-state index is 13.0. The Labute approximate surface area is 203 Å². The van der Waals surface area contributed by atoms with Gasteiger partial charge in [-0.2, -0.15) is 0 Å². The number of aromatic nitrogens is 1. The Morgan fingerprint density at radius 2 is 2.00 bits per heavy atom. The minimum absolute atomic E-state index is 0.00200. The summed E-state index contributed by atoms with van der Waals surface area (Å²) in [5, 5.41) is 10.8. The zero-order valence-electron chi connectivity index (χ0n) is 17.9. The Morgan fingerprint density at radius 1 is 1.26 bits per heavy atom. The van der Waals surface area contributed by atoms with Crippen molar-refractivity contribution in [1.29, 1.82) is 0 Å². The fourth-order valence-corrected chi connectivity index (χ4v) is 5.67. The van der Waals surface area contributed by atoms with Crippen LogP contribution in [-0.2, 0) is 9.84 Å². The van der Waals surface area contributed by atoms with Gasteiger partial charge in [-0.3, -0.25) is 9.59 Å². The van der Waals surface area contributed by atoms with Crippen LogP contribution in [0.4, 0.5) is 11.6 Å². The van der Waals surface area contributed by atoms with Gasteiger partial charge in [0.25, 0.3) is 5.91 Å². The molecule has 0 aliphatic carbocycles. The molecule has 2 aromatic heterocycles. The number of hydrogen-bond acceptors (Lipinski definition) is 10. The average Bonchev–Trinajstić information content (AvgIpc) is 3.52. The summed E-state index contributed by atoms with van der Waals surface area (Å²) in [7, 11) is -3.85. The predicted molar refractivity (Wildman–Crippen MR) is 126 cm³/mol. The van der Waals surface area contributed by atoms with Crippen molar-refractivity contribution < 1.29 is 32.0 Å². The minimum Gasteiger partial charge on any atom is -0.454 e. The molecule has 0 unspecified atom stereocenters.